The number of hydrogen-bond acceptors (Lipinski definition) is 4. The van der Waals surface area contributed by atoms with Crippen LogP contribution in [-0.2, 0) is 12.6 Å². The van der Waals surface area contributed by atoms with Crippen molar-refractivity contribution in [1.29, 1.82) is 0 Å². The van der Waals surface area contributed by atoms with Crippen LogP contribution in [-0.4, -0.2) is 28.5 Å². The Morgan fingerprint density at radius 3 is 2.74 bits per heavy atom. The summed E-state index contributed by atoms with van der Waals surface area (Å²) in [6.07, 6.45) is 4.45. The molecule has 2 rings (SSSR count). The number of aryl methyl sites for hydroxylation is 2. The molecule has 0 amide bonds. The summed E-state index contributed by atoms with van der Waals surface area (Å²) in [4.78, 5) is 0. The molecule has 0 fully saturated rings. The lowest BCUT2D eigenvalue weighted by Gasteiger charge is -2.27. The van der Waals surface area contributed by atoms with E-state index in [4.69, 9.17) is 4.74 Å². The summed E-state index contributed by atoms with van der Waals surface area (Å²) in [6.45, 7) is 6.44. The van der Waals surface area contributed by atoms with E-state index in [1.54, 1.807) is 24.9 Å². The minimum atomic E-state index is -0.973. The first kappa shape index (κ1) is 17.5. The van der Waals surface area contributed by atoms with Crippen LogP contribution < -0.4 is 10.1 Å². The molecule has 1 heterocycles. The number of aromatic nitrogens is 2. The molecule has 23 heavy (non-hydrogen) atoms. The van der Waals surface area contributed by atoms with Crippen molar-refractivity contribution in [2.75, 3.05) is 13.7 Å². The van der Waals surface area contributed by atoms with E-state index in [-0.39, 0.29) is 6.04 Å². The maximum absolute atomic E-state index is 10.7. The molecule has 2 aromatic rings. The highest BCUT2D eigenvalue weighted by Gasteiger charge is 2.26. The zero-order chi connectivity index (χ0) is 17.0. The van der Waals surface area contributed by atoms with E-state index in [2.05, 4.69) is 30.3 Å². The van der Waals surface area contributed by atoms with E-state index < -0.39 is 5.60 Å². The fourth-order valence-corrected chi connectivity index (χ4v) is 2.72. The van der Waals surface area contributed by atoms with E-state index in [0.717, 1.165) is 23.3 Å². The van der Waals surface area contributed by atoms with Crippen LogP contribution in [0.4, 0.5) is 0 Å². The molecule has 126 valence electrons. The Morgan fingerprint density at radius 1 is 1.43 bits per heavy atom. The van der Waals surface area contributed by atoms with Gasteiger partial charge in [-0.15, -0.1) is 0 Å². The Bertz CT molecular complexity index is 649. The Labute approximate surface area is 138 Å². The number of rotatable bonds is 7. The lowest BCUT2D eigenvalue weighted by Crippen LogP contribution is -2.37. The summed E-state index contributed by atoms with van der Waals surface area (Å²) >= 11 is 0. The maximum atomic E-state index is 10.7. The number of nitrogens with zero attached hydrogens (tertiary/aromatic N) is 2. The number of aliphatic hydroxyl groups is 1. The highest BCUT2D eigenvalue weighted by molar-refractivity contribution is 5.39. The van der Waals surface area contributed by atoms with Crippen molar-refractivity contribution >= 4 is 0 Å². The molecule has 0 radical (unpaired) electrons. The van der Waals surface area contributed by atoms with Gasteiger partial charge in [0.15, 0.2) is 0 Å². The second-order valence-corrected chi connectivity index (χ2v) is 6.26. The molecule has 0 aliphatic heterocycles. The van der Waals surface area contributed by atoms with Gasteiger partial charge in [0, 0.05) is 37.0 Å². The molecule has 1 aromatic carbocycles. The minimum Gasteiger partial charge on any atom is -0.496 e. The van der Waals surface area contributed by atoms with Gasteiger partial charge < -0.3 is 15.2 Å². The molecule has 0 aliphatic rings. The summed E-state index contributed by atoms with van der Waals surface area (Å²) in [5, 5.41) is 18.3. The normalized spacial score (nSPS) is 15.2. The van der Waals surface area contributed by atoms with E-state index in [1.807, 2.05) is 25.4 Å². The van der Waals surface area contributed by atoms with Gasteiger partial charge in [-0.3, -0.25) is 4.68 Å². The molecule has 2 unspecified atom stereocenters. The topological polar surface area (TPSA) is 59.3 Å². The quantitative estimate of drug-likeness (QED) is 0.824. The van der Waals surface area contributed by atoms with Crippen LogP contribution in [0.15, 0.2) is 30.6 Å². The van der Waals surface area contributed by atoms with Crippen molar-refractivity contribution in [3.63, 3.8) is 0 Å². The van der Waals surface area contributed by atoms with Crippen LogP contribution in [0.5, 0.6) is 5.75 Å². The first-order chi connectivity index (χ1) is 10.9. The number of benzene rings is 1. The van der Waals surface area contributed by atoms with Crippen molar-refractivity contribution in [1.82, 2.24) is 15.1 Å². The largest absolute Gasteiger partial charge is 0.496 e. The zero-order valence-corrected chi connectivity index (χ0v) is 14.6. The third-order valence-corrected chi connectivity index (χ3v) is 4.19. The molecule has 0 spiro atoms. The third kappa shape index (κ3) is 4.12. The Kier molecular flexibility index (Phi) is 5.44. The van der Waals surface area contributed by atoms with Gasteiger partial charge in [-0.2, -0.15) is 5.10 Å². The molecule has 0 aliphatic carbocycles. The molecule has 5 nitrogen and oxygen atoms in total. The average molecular weight is 317 g/mol. The molecule has 5 heteroatoms. The molecular formula is C18H27N3O2. The number of hydrogen-bond donors (Lipinski definition) is 2. The van der Waals surface area contributed by atoms with Gasteiger partial charge in [-0.1, -0.05) is 24.6 Å². The Hall–Kier alpha value is -1.85. The van der Waals surface area contributed by atoms with Gasteiger partial charge in [0.2, 0.25) is 0 Å². The number of ether oxygens (including phenoxy) is 1. The summed E-state index contributed by atoms with van der Waals surface area (Å²) in [5.41, 5.74) is 2.15. The molecular weight excluding hydrogens is 290 g/mol. The van der Waals surface area contributed by atoms with Gasteiger partial charge in [-0.25, -0.2) is 0 Å². The maximum Gasteiger partial charge on any atom is 0.123 e. The van der Waals surface area contributed by atoms with Crippen LogP contribution in [0.1, 0.15) is 43.0 Å². The van der Waals surface area contributed by atoms with Gasteiger partial charge in [-0.05, 0) is 26.3 Å². The molecule has 0 saturated carbocycles. The predicted octanol–water partition coefficient (Wildman–Crippen LogP) is 2.69. The zero-order valence-electron chi connectivity index (χ0n) is 14.6. The van der Waals surface area contributed by atoms with Crippen LogP contribution in [0.2, 0.25) is 0 Å². The summed E-state index contributed by atoms with van der Waals surface area (Å²) < 4.78 is 7.19. The molecule has 0 saturated heterocycles. The van der Waals surface area contributed by atoms with Crippen LogP contribution >= 0.6 is 0 Å². The Balaban J connectivity index is 2.15. The highest BCUT2D eigenvalue weighted by atomic mass is 16.5. The van der Waals surface area contributed by atoms with E-state index in [1.165, 1.54) is 5.56 Å². The second kappa shape index (κ2) is 7.15. The van der Waals surface area contributed by atoms with E-state index in [9.17, 15) is 5.11 Å². The number of nitrogens with one attached hydrogen (secondary N) is 1. The Morgan fingerprint density at radius 2 is 2.17 bits per heavy atom. The fraction of sp³-hybridized carbons (Fsp3) is 0.500. The SMILES string of the molecule is CCC(NCC(C)(O)c1cnn(C)c1)c1cc(C)ccc1OC. The van der Waals surface area contributed by atoms with Crippen molar-refractivity contribution in [3.05, 3.63) is 47.3 Å². The van der Waals surface area contributed by atoms with Crippen molar-refractivity contribution in [3.8, 4) is 5.75 Å². The lowest BCUT2D eigenvalue weighted by molar-refractivity contribution is 0.0534. The summed E-state index contributed by atoms with van der Waals surface area (Å²) in [6, 6.07) is 6.29. The van der Waals surface area contributed by atoms with Crippen LogP contribution in [0, 0.1) is 6.92 Å². The van der Waals surface area contributed by atoms with Crippen LogP contribution in [0.3, 0.4) is 0 Å². The first-order valence-electron chi connectivity index (χ1n) is 7.96. The van der Waals surface area contributed by atoms with Crippen molar-refractivity contribution in [2.45, 2.75) is 38.8 Å². The van der Waals surface area contributed by atoms with Crippen molar-refractivity contribution in [2.24, 2.45) is 7.05 Å². The van der Waals surface area contributed by atoms with E-state index >= 15 is 0 Å². The number of methoxy groups -OCH3 is 1. The van der Waals surface area contributed by atoms with E-state index in [0.29, 0.717) is 6.54 Å². The summed E-state index contributed by atoms with van der Waals surface area (Å²) in [7, 11) is 3.53. The fourth-order valence-electron chi connectivity index (χ4n) is 2.72. The van der Waals surface area contributed by atoms with Gasteiger partial charge >= 0.3 is 0 Å². The molecule has 1 aromatic heterocycles. The van der Waals surface area contributed by atoms with Gasteiger partial charge in [0.25, 0.3) is 0 Å². The molecule has 0 bridgehead atoms. The van der Waals surface area contributed by atoms with Crippen LogP contribution in [0.25, 0.3) is 0 Å². The average Bonchev–Trinajstić information content (AvgIpc) is 2.95. The highest BCUT2D eigenvalue weighted by Crippen LogP contribution is 2.29. The monoisotopic (exact) mass is 317 g/mol. The van der Waals surface area contributed by atoms with Gasteiger partial charge in [0.1, 0.15) is 11.4 Å². The van der Waals surface area contributed by atoms with Gasteiger partial charge in [0.05, 0.1) is 13.3 Å². The minimum absolute atomic E-state index is 0.119. The molecule has 2 atom stereocenters. The first-order valence-corrected chi connectivity index (χ1v) is 7.96. The summed E-state index contributed by atoms with van der Waals surface area (Å²) in [5.74, 6) is 0.871. The van der Waals surface area contributed by atoms with Crippen molar-refractivity contribution < 1.29 is 9.84 Å². The molecule has 2 N–H and O–H groups in total. The lowest BCUT2D eigenvalue weighted by atomic mass is 9.96. The second-order valence-electron chi connectivity index (χ2n) is 6.26. The third-order valence-electron chi connectivity index (χ3n) is 4.19. The smallest absolute Gasteiger partial charge is 0.123 e. The standard InChI is InChI=1S/C18H27N3O2/c1-6-16(15-9-13(2)7-8-17(15)23-5)19-12-18(3,22)14-10-20-21(4)11-14/h7-11,16,19,22H,6,12H2,1-5H3. The predicted molar refractivity (Wildman–Crippen MR) is 91.5 cm³/mol.